The van der Waals surface area contributed by atoms with E-state index < -0.39 is 0 Å². The molecule has 0 aliphatic heterocycles. The fourth-order valence-electron chi connectivity index (χ4n) is 2.43. The average Bonchev–Trinajstić information content (AvgIpc) is 2.28. The van der Waals surface area contributed by atoms with E-state index in [2.05, 4.69) is 55.3 Å². The highest BCUT2D eigenvalue weighted by molar-refractivity contribution is 5.82. The molecule has 0 saturated heterocycles. The van der Waals surface area contributed by atoms with E-state index in [1.165, 1.54) is 10.9 Å². The van der Waals surface area contributed by atoms with Crippen molar-refractivity contribution in [1.29, 1.82) is 0 Å². The first-order valence-corrected chi connectivity index (χ1v) is 6.05. The third kappa shape index (κ3) is 2.32. The van der Waals surface area contributed by atoms with Crippen LogP contribution < -0.4 is 5.32 Å². The molecule has 0 bridgehead atoms. The molecule has 2 nitrogen and oxygen atoms in total. The van der Waals surface area contributed by atoms with Crippen LogP contribution in [0.5, 0.6) is 0 Å². The molecule has 0 saturated carbocycles. The van der Waals surface area contributed by atoms with Gasteiger partial charge in [0.25, 0.3) is 0 Å². The Morgan fingerprint density at radius 2 is 1.88 bits per heavy atom. The second-order valence-corrected chi connectivity index (χ2v) is 5.51. The van der Waals surface area contributed by atoms with Crippen molar-refractivity contribution >= 4 is 10.9 Å². The molecule has 2 rings (SSSR count). The Bertz CT molecular complexity index is 506. The van der Waals surface area contributed by atoms with Crippen LogP contribution in [0.25, 0.3) is 10.9 Å². The Hall–Kier alpha value is -1.41. The summed E-state index contributed by atoms with van der Waals surface area (Å²) in [7, 11) is 2.02. The van der Waals surface area contributed by atoms with Crippen molar-refractivity contribution < 1.29 is 0 Å². The monoisotopic (exact) mass is 228 g/mol. The molecular formula is C15H20N2. The number of pyridine rings is 1. The normalized spacial score (nSPS) is 13.9. The van der Waals surface area contributed by atoms with Gasteiger partial charge in [0.2, 0.25) is 0 Å². The lowest BCUT2D eigenvalue weighted by Crippen LogP contribution is -2.29. The van der Waals surface area contributed by atoms with Crippen molar-refractivity contribution in [2.24, 2.45) is 5.41 Å². The van der Waals surface area contributed by atoms with Crippen LogP contribution in [0.15, 0.2) is 36.5 Å². The lowest BCUT2D eigenvalue weighted by Gasteiger charge is -2.31. The van der Waals surface area contributed by atoms with Crippen LogP contribution in [0.3, 0.4) is 0 Å². The maximum atomic E-state index is 4.41. The van der Waals surface area contributed by atoms with Gasteiger partial charge < -0.3 is 5.32 Å². The summed E-state index contributed by atoms with van der Waals surface area (Å²) in [5.74, 6) is 0. The van der Waals surface area contributed by atoms with Crippen LogP contribution in [0, 0.1) is 5.41 Å². The maximum absolute atomic E-state index is 4.41. The van der Waals surface area contributed by atoms with Crippen molar-refractivity contribution in [3.63, 3.8) is 0 Å². The lowest BCUT2D eigenvalue weighted by molar-refractivity contribution is 0.288. The molecule has 1 atom stereocenters. The third-order valence-electron chi connectivity index (χ3n) is 3.15. The minimum atomic E-state index is 0.179. The molecule has 1 aromatic carbocycles. The van der Waals surface area contributed by atoms with Gasteiger partial charge in [-0.05, 0) is 30.2 Å². The van der Waals surface area contributed by atoms with Gasteiger partial charge in [0.05, 0.1) is 5.52 Å². The highest BCUT2D eigenvalue weighted by atomic mass is 14.9. The fourth-order valence-corrected chi connectivity index (χ4v) is 2.43. The smallest absolute Gasteiger partial charge is 0.0705 e. The van der Waals surface area contributed by atoms with E-state index in [9.17, 15) is 0 Å². The van der Waals surface area contributed by atoms with Crippen molar-refractivity contribution in [2.75, 3.05) is 7.05 Å². The zero-order chi connectivity index (χ0) is 12.5. The summed E-state index contributed by atoms with van der Waals surface area (Å²) in [6.07, 6.45) is 1.84. The molecular weight excluding hydrogens is 208 g/mol. The second kappa shape index (κ2) is 4.46. The predicted octanol–water partition coefficient (Wildman–Crippen LogP) is 3.54. The maximum Gasteiger partial charge on any atom is 0.0705 e. The Morgan fingerprint density at radius 1 is 1.12 bits per heavy atom. The summed E-state index contributed by atoms with van der Waals surface area (Å²) in [6, 6.07) is 10.8. The van der Waals surface area contributed by atoms with Gasteiger partial charge in [-0.2, -0.15) is 0 Å². The van der Waals surface area contributed by atoms with Gasteiger partial charge >= 0.3 is 0 Å². The Morgan fingerprint density at radius 3 is 2.53 bits per heavy atom. The molecule has 1 heterocycles. The summed E-state index contributed by atoms with van der Waals surface area (Å²) in [4.78, 5) is 4.41. The molecule has 0 aliphatic carbocycles. The van der Waals surface area contributed by atoms with E-state index in [1.54, 1.807) is 0 Å². The number of fused-ring (bicyclic) bond motifs is 1. The van der Waals surface area contributed by atoms with Gasteiger partial charge in [0, 0.05) is 17.6 Å². The van der Waals surface area contributed by atoms with E-state index in [-0.39, 0.29) is 5.41 Å². The molecule has 17 heavy (non-hydrogen) atoms. The quantitative estimate of drug-likeness (QED) is 0.850. The molecule has 0 aliphatic rings. The summed E-state index contributed by atoms with van der Waals surface area (Å²) in [6.45, 7) is 6.76. The summed E-state index contributed by atoms with van der Waals surface area (Å²) < 4.78 is 0. The van der Waals surface area contributed by atoms with E-state index in [0.717, 1.165) is 5.52 Å². The van der Waals surface area contributed by atoms with Gasteiger partial charge in [-0.25, -0.2) is 0 Å². The SMILES string of the molecule is CNC(c1cccc2ncccc12)C(C)(C)C. The standard InChI is InChI=1S/C15H20N2/c1-15(2,3)14(16-4)12-7-5-9-13-11(12)8-6-10-17-13/h5-10,14,16H,1-4H3. The topological polar surface area (TPSA) is 24.9 Å². The van der Waals surface area contributed by atoms with E-state index >= 15 is 0 Å². The molecule has 1 unspecified atom stereocenters. The summed E-state index contributed by atoms with van der Waals surface area (Å²) in [5.41, 5.74) is 2.57. The number of benzene rings is 1. The number of nitrogens with zero attached hydrogens (tertiary/aromatic N) is 1. The molecule has 2 heteroatoms. The molecule has 0 spiro atoms. The number of hydrogen-bond acceptors (Lipinski definition) is 2. The molecule has 0 fully saturated rings. The number of hydrogen-bond donors (Lipinski definition) is 1. The largest absolute Gasteiger partial charge is 0.313 e. The van der Waals surface area contributed by atoms with Crippen LogP contribution in [-0.4, -0.2) is 12.0 Å². The molecule has 2 aromatic rings. The van der Waals surface area contributed by atoms with Crippen LogP contribution in [-0.2, 0) is 0 Å². The Balaban J connectivity index is 2.62. The molecule has 0 radical (unpaired) electrons. The van der Waals surface area contributed by atoms with Gasteiger partial charge in [-0.3, -0.25) is 4.98 Å². The fraction of sp³-hybridized carbons (Fsp3) is 0.400. The zero-order valence-corrected chi connectivity index (χ0v) is 11.0. The van der Waals surface area contributed by atoms with Crippen LogP contribution in [0.4, 0.5) is 0 Å². The van der Waals surface area contributed by atoms with Crippen LogP contribution in [0.1, 0.15) is 32.4 Å². The van der Waals surface area contributed by atoms with Crippen LogP contribution in [0.2, 0.25) is 0 Å². The average molecular weight is 228 g/mol. The van der Waals surface area contributed by atoms with E-state index in [4.69, 9.17) is 0 Å². The van der Waals surface area contributed by atoms with Crippen molar-refractivity contribution in [3.05, 3.63) is 42.1 Å². The number of aromatic nitrogens is 1. The summed E-state index contributed by atoms with van der Waals surface area (Å²) >= 11 is 0. The van der Waals surface area contributed by atoms with Crippen molar-refractivity contribution in [1.82, 2.24) is 10.3 Å². The van der Waals surface area contributed by atoms with Gasteiger partial charge in [0.1, 0.15) is 0 Å². The van der Waals surface area contributed by atoms with Gasteiger partial charge in [0.15, 0.2) is 0 Å². The van der Waals surface area contributed by atoms with Crippen molar-refractivity contribution in [3.8, 4) is 0 Å². The minimum Gasteiger partial charge on any atom is -0.313 e. The van der Waals surface area contributed by atoms with E-state index in [0.29, 0.717) is 6.04 Å². The van der Waals surface area contributed by atoms with Crippen LogP contribution >= 0.6 is 0 Å². The Labute approximate surface area is 103 Å². The molecule has 90 valence electrons. The molecule has 1 N–H and O–H groups in total. The van der Waals surface area contributed by atoms with Gasteiger partial charge in [-0.1, -0.05) is 39.0 Å². The first kappa shape index (κ1) is 12.1. The molecule has 0 amide bonds. The number of nitrogens with one attached hydrogen (secondary N) is 1. The first-order chi connectivity index (χ1) is 8.04. The number of rotatable bonds is 2. The first-order valence-electron chi connectivity index (χ1n) is 6.05. The third-order valence-corrected chi connectivity index (χ3v) is 3.15. The predicted molar refractivity (Wildman–Crippen MR) is 73.0 cm³/mol. The minimum absolute atomic E-state index is 0.179. The zero-order valence-electron chi connectivity index (χ0n) is 11.0. The summed E-state index contributed by atoms with van der Waals surface area (Å²) in [5, 5.41) is 4.66. The van der Waals surface area contributed by atoms with E-state index in [1.807, 2.05) is 19.3 Å². The molecule has 1 aromatic heterocycles. The Kier molecular flexibility index (Phi) is 3.16. The van der Waals surface area contributed by atoms with Gasteiger partial charge in [-0.15, -0.1) is 0 Å². The highest BCUT2D eigenvalue weighted by Crippen LogP contribution is 2.35. The van der Waals surface area contributed by atoms with Crippen molar-refractivity contribution in [2.45, 2.75) is 26.8 Å². The highest BCUT2D eigenvalue weighted by Gasteiger charge is 2.25. The lowest BCUT2D eigenvalue weighted by atomic mass is 9.81. The second-order valence-electron chi connectivity index (χ2n) is 5.51.